The van der Waals surface area contributed by atoms with Crippen LogP contribution >= 0.6 is 0 Å². The first-order valence-corrected chi connectivity index (χ1v) is 14.2. The zero-order valence-corrected chi connectivity index (χ0v) is 24.0. The highest BCUT2D eigenvalue weighted by molar-refractivity contribution is 5.92. The minimum absolute atomic E-state index is 0.261. The fraction of sp³-hybridized carbons (Fsp3) is 0.394. The Morgan fingerprint density at radius 1 is 0.641 bits per heavy atom. The van der Waals surface area contributed by atoms with Crippen LogP contribution in [0.15, 0.2) is 42.5 Å². The molecular formula is C33H40N2O4. The molecule has 0 fully saturated rings. The quantitative estimate of drug-likeness (QED) is 0.200. The molecule has 0 atom stereocenters. The SMILES string of the molecule is CCOC(=O)c1[nH]c(C(c2[nH]c(C(=O)OCC)c(CC)c2CC)c2cccc3ccccc23)c(CC)c1CC. The summed E-state index contributed by atoms with van der Waals surface area (Å²) in [4.78, 5) is 33.2. The smallest absolute Gasteiger partial charge is 0.355 e. The molecule has 2 aromatic heterocycles. The molecule has 0 aliphatic rings. The standard InChI is InChI=1S/C33H40N2O4/c1-7-21-23(9-3)30(32(36)38-11-5)34-28(21)27(26-19-15-17-20-16-13-14-18-25(20)26)29-22(8-2)24(10-4)31(35-29)33(37)39-12-6/h13-19,27,34-35H,7-12H2,1-6H3. The largest absolute Gasteiger partial charge is 0.461 e. The van der Waals surface area contributed by atoms with Crippen molar-refractivity contribution in [2.75, 3.05) is 13.2 Å². The van der Waals surface area contributed by atoms with Gasteiger partial charge in [-0.3, -0.25) is 0 Å². The van der Waals surface area contributed by atoms with Gasteiger partial charge < -0.3 is 19.4 Å². The number of hydrogen-bond donors (Lipinski definition) is 2. The molecule has 4 rings (SSSR count). The summed E-state index contributed by atoms with van der Waals surface area (Å²) in [5, 5.41) is 2.27. The second-order valence-electron chi connectivity index (χ2n) is 9.60. The van der Waals surface area contributed by atoms with Crippen molar-refractivity contribution in [3.8, 4) is 0 Å². The molecule has 0 bridgehead atoms. The van der Waals surface area contributed by atoms with E-state index in [0.717, 1.165) is 62.8 Å². The summed E-state index contributed by atoms with van der Waals surface area (Å²) < 4.78 is 10.9. The van der Waals surface area contributed by atoms with E-state index in [-0.39, 0.29) is 17.9 Å². The summed E-state index contributed by atoms with van der Waals surface area (Å²) in [6, 6.07) is 14.7. The van der Waals surface area contributed by atoms with Gasteiger partial charge in [-0.1, -0.05) is 70.2 Å². The molecule has 206 valence electrons. The summed E-state index contributed by atoms with van der Waals surface area (Å²) in [5.74, 6) is -0.936. The van der Waals surface area contributed by atoms with Crippen LogP contribution in [-0.4, -0.2) is 35.1 Å². The Morgan fingerprint density at radius 3 is 1.56 bits per heavy atom. The van der Waals surface area contributed by atoms with Gasteiger partial charge in [-0.2, -0.15) is 0 Å². The molecule has 6 nitrogen and oxygen atoms in total. The number of ether oxygens (including phenoxy) is 2. The first kappa shape index (κ1) is 28.2. The minimum atomic E-state index is -0.337. The number of carbonyl (C=O) groups is 2. The molecule has 39 heavy (non-hydrogen) atoms. The summed E-state index contributed by atoms with van der Waals surface area (Å²) in [5.41, 5.74) is 8.27. The predicted molar refractivity (Wildman–Crippen MR) is 156 cm³/mol. The van der Waals surface area contributed by atoms with Crippen LogP contribution in [0.4, 0.5) is 0 Å². The maximum Gasteiger partial charge on any atom is 0.355 e. The van der Waals surface area contributed by atoms with Crippen LogP contribution in [-0.2, 0) is 35.2 Å². The van der Waals surface area contributed by atoms with Crippen LogP contribution < -0.4 is 0 Å². The van der Waals surface area contributed by atoms with E-state index in [1.54, 1.807) is 0 Å². The summed E-state index contributed by atoms with van der Waals surface area (Å²) >= 11 is 0. The van der Waals surface area contributed by atoms with E-state index < -0.39 is 0 Å². The van der Waals surface area contributed by atoms with Gasteiger partial charge in [0, 0.05) is 11.4 Å². The predicted octanol–water partition coefficient (Wildman–Crippen LogP) is 7.28. The molecule has 2 aromatic carbocycles. The normalized spacial score (nSPS) is 11.4. The second-order valence-corrected chi connectivity index (χ2v) is 9.60. The molecule has 0 saturated carbocycles. The molecule has 0 aliphatic heterocycles. The number of hydrogen-bond acceptors (Lipinski definition) is 4. The van der Waals surface area contributed by atoms with Gasteiger partial charge >= 0.3 is 11.9 Å². The zero-order chi connectivity index (χ0) is 28.1. The number of aromatic amines is 2. The Morgan fingerprint density at radius 2 is 1.10 bits per heavy atom. The highest BCUT2D eigenvalue weighted by Gasteiger charge is 2.33. The highest BCUT2D eigenvalue weighted by Crippen LogP contribution is 2.42. The van der Waals surface area contributed by atoms with Crippen LogP contribution in [0.25, 0.3) is 10.8 Å². The number of rotatable bonds is 11. The maximum absolute atomic E-state index is 13.1. The molecule has 2 heterocycles. The Labute approximate surface area is 231 Å². The number of H-pyrrole nitrogens is 2. The van der Waals surface area contributed by atoms with Crippen LogP contribution in [0.3, 0.4) is 0 Å². The van der Waals surface area contributed by atoms with E-state index in [2.05, 4.69) is 74.1 Å². The van der Waals surface area contributed by atoms with Crippen molar-refractivity contribution in [2.24, 2.45) is 0 Å². The van der Waals surface area contributed by atoms with Crippen molar-refractivity contribution >= 4 is 22.7 Å². The van der Waals surface area contributed by atoms with Crippen LogP contribution in [0, 0.1) is 0 Å². The fourth-order valence-corrected chi connectivity index (χ4v) is 5.99. The van der Waals surface area contributed by atoms with Crippen LogP contribution in [0.1, 0.15) is 108 Å². The summed E-state index contributed by atoms with van der Waals surface area (Å²) in [6.07, 6.45) is 2.91. The molecule has 2 N–H and O–H groups in total. The van der Waals surface area contributed by atoms with E-state index in [4.69, 9.17) is 9.47 Å². The molecule has 0 saturated heterocycles. The fourth-order valence-electron chi connectivity index (χ4n) is 5.99. The first-order chi connectivity index (χ1) is 18.9. The molecule has 0 spiro atoms. The maximum atomic E-state index is 13.1. The van der Waals surface area contributed by atoms with Gasteiger partial charge in [0.2, 0.25) is 0 Å². The van der Waals surface area contributed by atoms with Gasteiger partial charge in [-0.05, 0) is 78.1 Å². The second kappa shape index (κ2) is 12.4. The Kier molecular flexibility index (Phi) is 8.95. The van der Waals surface area contributed by atoms with Gasteiger partial charge in [0.25, 0.3) is 0 Å². The third-order valence-corrected chi connectivity index (χ3v) is 7.59. The number of esters is 2. The van der Waals surface area contributed by atoms with Crippen molar-refractivity contribution < 1.29 is 19.1 Å². The van der Waals surface area contributed by atoms with Crippen molar-refractivity contribution in [1.82, 2.24) is 9.97 Å². The first-order valence-electron chi connectivity index (χ1n) is 14.2. The van der Waals surface area contributed by atoms with E-state index >= 15 is 0 Å². The van der Waals surface area contributed by atoms with Crippen molar-refractivity contribution in [3.63, 3.8) is 0 Å². The monoisotopic (exact) mass is 528 g/mol. The molecular weight excluding hydrogens is 488 g/mol. The Hall–Kier alpha value is -3.80. The molecule has 6 heteroatoms. The molecule has 4 aromatic rings. The van der Waals surface area contributed by atoms with Gasteiger partial charge in [0.15, 0.2) is 0 Å². The summed E-state index contributed by atoms with van der Waals surface area (Å²) in [6.45, 7) is 12.7. The van der Waals surface area contributed by atoms with Crippen LogP contribution in [0.2, 0.25) is 0 Å². The molecule has 0 radical (unpaired) electrons. The van der Waals surface area contributed by atoms with E-state index in [9.17, 15) is 9.59 Å². The number of carbonyl (C=O) groups excluding carboxylic acids is 2. The lowest BCUT2D eigenvalue weighted by Crippen LogP contribution is -2.11. The third-order valence-electron chi connectivity index (χ3n) is 7.59. The van der Waals surface area contributed by atoms with Gasteiger partial charge in [-0.25, -0.2) is 9.59 Å². The lowest BCUT2D eigenvalue weighted by molar-refractivity contribution is 0.0509. The highest BCUT2D eigenvalue weighted by atomic mass is 16.5. The topological polar surface area (TPSA) is 84.2 Å². The van der Waals surface area contributed by atoms with Crippen molar-refractivity contribution in [2.45, 2.75) is 73.1 Å². The van der Waals surface area contributed by atoms with E-state index in [1.165, 1.54) is 0 Å². The lowest BCUT2D eigenvalue weighted by atomic mass is 9.83. The zero-order valence-electron chi connectivity index (χ0n) is 24.0. The number of fused-ring (bicyclic) bond motifs is 1. The van der Waals surface area contributed by atoms with E-state index in [1.807, 2.05) is 19.9 Å². The minimum Gasteiger partial charge on any atom is -0.461 e. The van der Waals surface area contributed by atoms with Gasteiger partial charge in [0.1, 0.15) is 11.4 Å². The molecule has 0 aliphatic carbocycles. The van der Waals surface area contributed by atoms with Gasteiger partial charge in [-0.15, -0.1) is 0 Å². The Bertz CT molecular complexity index is 1400. The van der Waals surface area contributed by atoms with Crippen molar-refractivity contribution in [3.05, 3.63) is 93.1 Å². The molecule has 0 amide bonds. The third kappa shape index (κ3) is 5.12. The Balaban J connectivity index is 2.11. The number of benzene rings is 2. The lowest BCUT2D eigenvalue weighted by Gasteiger charge is -2.22. The van der Waals surface area contributed by atoms with Crippen LogP contribution in [0.5, 0.6) is 0 Å². The van der Waals surface area contributed by atoms with E-state index in [0.29, 0.717) is 37.4 Å². The average molecular weight is 529 g/mol. The van der Waals surface area contributed by atoms with Gasteiger partial charge in [0.05, 0.1) is 19.1 Å². The average Bonchev–Trinajstić information content (AvgIpc) is 3.51. The number of nitrogens with one attached hydrogen (secondary N) is 2. The van der Waals surface area contributed by atoms with Crippen molar-refractivity contribution in [1.29, 1.82) is 0 Å². The molecule has 0 unspecified atom stereocenters. The number of aromatic nitrogens is 2. The summed E-state index contributed by atoms with van der Waals surface area (Å²) in [7, 11) is 0.